The maximum Gasteiger partial charge on any atom is 0.198 e. The maximum atomic E-state index is 13.6. The van der Waals surface area contributed by atoms with Gasteiger partial charge in [0.15, 0.2) is 5.78 Å². The van der Waals surface area contributed by atoms with Crippen LogP contribution in [0.3, 0.4) is 0 Å². The lowest BCUT2D eigenvalue weighted by Gasteiger charge is -2.13. The Bertz CT molecular complexity index is 1530. The number of Topliss-reactive ketones (excluding diaryl/α,β-unsaturated/α-hetero) is 1. The Morgan fingerprint density at radius 3 is 1.82 bits per heavy atom. The number of hydrogen-bond acceptors (Lipinski definition) is 4. The number of aliphatic hydroxyl groups is 1. The van der Waals surface area contributed by atoms with E-state index in [0.717, 1.165) is 28.2 Å². The Morgan fingerprint density at radius 2 is 1.15 bits per heavy atom. The minimum Gasteiger partial charge on any atom is -0.506 e. The molecule has 2 aliphatic rings. The molecule has 2 aliphatic carbocycles. The third-order valence-corrected chi connectivity index (χ3v) is 6.12. The van der Waals surface area contributed by atoms with Crippen molar-refractivity contribution in [3.05, 3.63) is 143 Å². The van der Waals surface area contributed by atoms with E-state index in [-0.39, 0.29) is 17.1 Å². The number of nitrogens with one attached hydrogen (secondary N) is 1. The Hall–Kier alpha value is -4.70. The Morgan fingerprint density at radius 1 is 0.588 bits per heavy atom. The van der Waals surface area contributed by atoms with Crippen molar-refractivity contribution in [2.45, 2.75) is 0 Å². The van der Waals surface area contributed by atoms with Crippen LogP contribution < -0.4 is 5.32 Å². The van der Waals surface area contributed by atoms with Gasteiger partial charge in [-0.2, -0.15) is 0 Å². The number of aliphatic imine (C=N–C) groups is 1. The molecule has 0 heterocycles. The van der Waals surface area contributed by atoms with E-state index in [0.29, 0.717) is 22.4 Å². The smallest absolute Gasteiger partial charge is 0.198 e. The largest absolute Gasteiger partial charge is 0.506 e. The average molecular weight is 441 g/mol. The third-order valence-electron chi connectivity index (χ3n) is 6.12. The van der Waals surface area contributed by atoms with E-state index in [1.165, 1.54) is 0 Å². The van der Waals surface area contributed by atoms with Gasteiger partial charge in [0.2, 0.25) is 0 Å². The molecule has 4 nitrogen and oxygen atoms in total. The van der Waals surface area contributed by atoms with E-state index < -0.39 is 0 Å². The standard InChI is InChI=1S/C30H20N2O2/c33-29-23-17-9-10-18-24(23)30(34)26(29)25-27(31-19-11-3-1-4-12-19)21-15-7-8-16-22(21)28(25)32-20-13-5-2-6-14-20/h1-18,31,33H. The number of para-hydroxylation sites is 2. The number of rotatable bonds is 4. The van der Waals surface area contributed by atoms with E-state index in [1.54, 1.807) is 12.1 Å². The number of fused-ring (bicyclic) bond motifs is 2. The van der Waals surface area contributed by atoms with Gasteiger partial charge in [-0.25, -0.2) is 4.99 Å². The van der Waals surface area contributed by atoms with Gasteiger partial charge in [0.1, 0.15) is 5.76 Å². The molecular formula is C30H20N2O2. The van der Waals surface area contributed by atoms with Crippen LogP contribution in [0.15, 0.2) is 125 Å². The van der Waals surface area contributed by atoms with Gasteiger partial charge in [0, 0.05) is 33.5 Å². The monoisotopic (exact) mass is 440 g/mol. The SMILES string of the molecule is O=C1C(C2=C(Nc3ccccc3)c3ccccc3C2=Nc2ccccc2)=C(O)c2ccccc21. The van der Waals surface area contributed by atoms with E-state index >= 15 is 0 Å². The maximum absolute atomic E-state index is 13.6. The molecule has 0 radical (unpaired) electrons. The summed E-state index contributed by atoms with van der Waals surface area (Å²) in [5.41, 5.74) is 6.81. The first-order valence-corrected chi connectivity index (χ1v) is 11.1. The van der Waals surface area contributed by atoms with Gasteiger partial charge in [-0.05, 0) is 24.3 Å². The highest BCUT2D eigenvalue weighted by molar-refractivity contribution is 6.36. The zero-order valence-corrected chi connectivity index (χ0v) is 18.2. The topological polar surface area (TPSA) is 61.7 Å². The van der Waals surface area contributed by atoms with Crippen molar-refractivity contribution in [1.82, 2.24) is 0 Å². The van der Waals surface area contributed by atoms with Crippen LogP contribution in [0.25, 0.3) is 11.5 Å². The lowest BCUT2D eigenvalue weighted by atomic mass is 9.97. The number of carbonyl (C=O) groups excluding carboxylic acids is 1. The number of benzene rings is 4. The fraction of sp³-hybridized carbons (Fsp3) is 0. The summed E-state index contributed by atoms with van der Waals surface area (Å²) in [6.45, 7) is 0. The number of hydrogen-bond donors (Lipinski definition) is 2. The van der Waals surface area contributed by atoms with Gasteiger partial charge in [-0.15, -0.1) is 0 Å². The fourth-order valence-electron chi connectivity index (χ4n) is 4.58. The summed E-state index contributed by atoms with van der Waals surface area (Å²) >= 11 is 0. The normalized spacial score (nSPS) is 15.6. The first-order valence-electron chi connectivity index (χ1n) is 11.1. The van der Waals surface area contributed by atoms with Crippen LogP contribution in [0.2, 0.25) is 0 Å². The average Bonchev–Trinajstić information content (AvgIpc) is 3.31. The summed E-state index contributed by atoms with van der Waals surface area (Å²) < 4.78 is 0. The second-order valence-corrected chi connectivity index (χ2v) is 8.18. The molecule has 0 fully saturated rings. The van der Waals surface area contributed by atoms with Gasteiger partial charge < -0.3 is 10.4 Å². The number of anilines is 1. The molecular weight excluding hydrogens is 420 g/mol. The first-order chi connectivity index (χ1) is 16.7. The van der Waals surface area contributed by atoms with Crippen LogP contribution in [0.4, 0.5) is 11.4 Å². The van der Waals surface area contributed by atoms with E-state index in [2.05, 4.69) is 5.32 Å². The Labute approximate surface area is 197 Å². The quantitative estimate of drug-likeness (QED) is 0.366. The van der Waals surface area contributed by atoms with Gasteiger partial charge in [0.05, 0.1) is 22.7 Å². The molecule has 0 spiro atoms. The van der Waals surface area contributed by atoms with Gasteiger partial charge in [0.25, 0.3) is 0 Å². The second-order valence-electron chi connectivity index (χ2n) is 8.18. The van der Waals surface area contributed by atoms with Gasteiger partial charge >= 0.3 is 0 Å². The molecule has 0 amide bonds. The minimum atomic E-state index is -0.205. The predicted molar refractivity (Wildman–Crippen MR) is 136 cm³/mol. The Balaban J connectivity index is 1.64. The molecule has 4 heteroatoms. The Kier molecular flexibility index (Phi) is 4.70. The molecule has 6 rings (SSSR count). The number of allylic oxidation sites excluding steroid dienone is 2. The number of nitrogens with zero attached hydrogens (tertiary/aromatic N) is 1. The van der Waals surface area contributed by atoms with Crippen LogP contribution in [0.1, 0.15) is 27.0 Å². The van der Waals surface area contributed by atoms with E-state index in [1.807, 2.05) is 97.1 Å². The zero-order valence-electron chi connectivity index (χ0n) is 18.2. The van der Waals surface area contributed by atoms with Crippen LogP contribution in [0, 0.1) is 0 Å². The number of carbonyl (C=O) groups is 1. The molecule has 4 aromatic carbocycles. The van der Waals surface area contributed by atoms with Crippen LogP contribution in [-0.4, -0.2) is 16.6 Å². The van der Waals surface area contributed by atoms with Gasteiger partial charge in [-0.3, -0.25) is 4.79 Å². The summed E-state index contributed by atoms with van der Waals surface area (Å²) in [4.78, 5) is 18.6. The molecule has 0 bridgehead atoms. The zero-order chi connectivity index (χ0) is 23.1. The third kappa shape index (κ3) is 3.16. The van der Waals surface area contributed by atoms with E-state index in [9.17, 15) is 9.90 Å². The fourth-order valence-corrected chi connectivity index (χ4v) is 4.58. The predicted octanol–water partition coefficient (Wildman–Crippen LogP) is 6.81. The summed E-state index contributed by atoms with van der Waals surface area (Å²) in [6.07, 6.45) is 0. The van der Waals surface area contributed by atoms with Crippen molar-refractivity contribution in [2.24, 2.45) is 4.99 Å². The summed E-state index contributed by atoms with van der Waals surface area (Å²) in [5, 5.41) is 14.8. The highest BCUT2D eigenvalue weighted by Crippen LogP contribution is 2.44. The lowest BCUT2D eigenvalue weighted by Crippen LogP contribution is -2.11. The van der Waals surface area contributed by atoms with Crippen molar-refractivity contribution in [3.8, 4) is 0 Å². The highest BCUT2D eigenvalue weighted by Gasteiger charge is 2.39. The molecule has 0 aromatic heterocycles. The second kappa shape index (κ2) is 8.01. The molecule has 2 N–H and O–H groups in total. The van der Waals surface area contributed by atoms with Crippen LogP contribution in [0.5, 0.6) is 0 Å². The molecule has 4 aromatic rings. The molecule has 162 valence electrons. The van der Waals surface area contributed by atoms with E-state index in [4.69, 9.17) is 4.99 Å². The first kappa shape index (κ1) is 19.9. The van der Waals surface area contributed by atoms with Crippen molar-refractivity contribution < 1.29 is 9.90 Å². The molecule has 0 aliphatic heterocycles. The molecule has 34 heavy (non-hydrogen) atoms. The van der Waals surface area contributed by atoms with Crippen molar-refractivity contribution in [2.75, 3.05) is 5.32 Å². The van der Waals surface area contributed by atoms with Crippen molar-refractivity contribution in [1.29, 1.82) is 0 Å². The number of aliphatic hydroxyl groups excluding tert-OH is 1. The van der Waals surface area contributed by atoms with Crippen molar-refractivity contribution in [3.63, 3.8) is 0 Å². The summed E-state index contributed by atoms with van der Waals surface area (Å²) in [7, 11) is 0. The molecule has 0 atom stereocenters. The van der Waals surface area contributed by atoms with Gasteiger partial charge in [-0.1, -0.05) is 84.9 Å². The van der Waals surface area contributed by atoms with Crippen molar-refractivity contribution >= 4 is 34.3 Å². The highest BCUT2D eigenvalue weighted by atomic mass is 16.3. The molecule has 0 saturated carbocycles. The summed E-state index contributed by atoms with van der Waals surface area (Å²) in [6, 6.07) is 34.6. The van der Waals surface area contributed by atoms with Crippen LogP contribution >= 0.6 is 0 Å². The molecule has 0 saturated heterocycles. The number of ketones is 1. The lowest BCUT2D eigenvalue weighted by molar-refractivity contribution is 0.104. The van der Waals surface area contributed by atoms with Crippen LogP contribution in [-0.2, 0) is 0 Å². The minimum absolute atomic E-state index is 0.0171. The summed E-state index contributed by atoms with van der Waals surface area (Å²) in [5.74, 6) is -0.222. The molecule has 0 unspecified atom stereocenters.